The van der Waals surface area contributed by atoms with Gasteiger partial charge in [-0.3, -0.25) is 4.79 Å². The molecule has 0 saturated carbocycles. The van der Waals surface area contributed by atoms with Gasteiger partial charge in [-0.15, -0.1) is 0 Å². The molecule has 0 aromatic rings. The second kappa shape index (κ2) is 26.8. The van der Waals surface area contributed by atoms with Gasteiger partial charge in [0.25, 0.3) is 0 Å². The van der Waals surface area contributed by atoms with Gasteiger partial charge in [-0.25, -0.2) is 0 Å². The van der Waals surface area contributed by atoms with Gasteiger partial charge in [-0.2, -0.15) is 0 Å². The summed E-state index contributed by atoms with van der Waals surface area (Å²) in [6.45, 7) is 5.93. The molecular weight excluding hydrogens is 418 g/mol. The molecule has 0 fully saturated rings. The first kappa shape index (κ1) is 33.2. The minimum Gasteiger partial charge on any atom is -0.466 e. The minimum atomic E-state index is -0.0390. The summed E-state index contributed by atoms with van der Waals surface area (Å²) in [4.78, 5) is 13.6. The highest BCUT2D eigenvalue weighted by Crippen LogP contribution is 2.22. The molecule has 0 rings (SSSR count). The first-order valence-electron chi connectivity index (χ1n) is 15.0. The Balaban J connectivity index is 3.49. The molecule has 0 aliphatic rings. The van der Waals surface area contributed by atoms with Crippen molar-refractivity contribution in [1.82, 2.24) is 4.90 Å². The van der Waals surface area contributed by atoms with E-state index in [1.807, 2.05) is 6.92 Å². The largest absolute Gasteiger partial charge is 0.466 e. The minimum absolute atomic E-state index is 0.0390. The van der Waals surface area contributed by atoms with Crippen molar-refractivity contribution in [2.24, 2.45) is 5.92 Å². The maximum Gasteiger partial charge on any atom is 0.305 e. The van der Waals surface area contributed by atoms with Crippen LogP contribution >= 0.6 is 0 Å². The van der Waals surface area contributed by atoms with Crippen molar-refractivity contribution < 1.29 is 9.53 Å². The third-order valence-electron chi connectivity index (χ3n) is 6.91. The van der Waals surface area contributed by atoms with E-state index < -0.39 is 0 Å². The molecule has 0 heterocycles. The van der Waals surface area contributed by atoms with E-state index in [4.69, 9.17) is 4.74 Å². The maximum absolute atomic E-state index is 11.3. The number of carbonyl (C=O) groups excluding carboxylic acids is 1. The molecule has 3 nitrogen and oxygen atoms in total. The number of nitrogens with zero attached hydrogens (tertiary/aromatic N) is 1. The second-order valence-electron chi connectivity index (χ2n) is 10.6. The predicted octanol–water partition coefficient (Wildman–Crippen LogP) is 9.50. The van der Waals surface area contributed by atoms with Crippen LogP contribution in [0.3, 0.4) is 0 Å². The zero-order chi connectivity index (χ0) is 25.1. The molecule has 1 atom stereocenters. The molecule has 3 heteroatoms. The number of ether oxygens (including phenoxy) is 1. The Hall–Kier alpha value is -0.830. The molecule has 0 saturated heterocycles. The van der Waals surface area contributed by atoms with E-state index in [2.05, 4.69) is 38.1 Å². The maximum atomic E-state index is 11.3. The molecule has 0 aromatic heterocycles. The highest BCUT2D eigenvalue weighted by molar-refractivity contribution is 5.69. The highest BCUT2D eigenvalue weighted by Gasteiger charge is 2.09. The van der Waals surface area contributed by atoms with Crippen LogP contribution in [-0.4, -0.2) is 38.1 Å². The normalized spacial score (nSPS) is 12.6. The lowest BCUT2D eigenvalue weighted by molar-refractivity contribution is -0.143. The van der Waals surface area contributed by atoms with Crippen molar-refractivity contribution in [2.75, 3.05) is 27.2 Å². The molecule has 0 N–H and O–H groups in total. The Morgan fingerprint density at radius 1 is 0.676 bits per heavy atom. The average Bonchev–Trinajstić information content (AvgIpc) is 2.81. The van der Waals surface area contributed by atoms with Gasteiger partial charge >= 0.3 is 5.97 Å². The number of hydrogen-bond acceptors (Lipinski definition) is 3. The SMILES string of the molecule is CCCCCCC(CCCCCCCC/C=C\CCCCCCCC(=O)OCC)CCN(C)C. The van der Waals surface area contributed by atoms with Gasteiger partial charge in [0.2, 0.25) is 0 Å². The van der Waals surface area contributed by atoms with E-state index in [0.717, 1.165) is 18.8 Å². The lowest BCUT2D eigenvalue weighted by atomic mass is 9.91. The Labute approximate surface area is 214 Å². The number of unbranched alkanes of at least 4 members (excludes halogenated alkanes) is 14. The van der Waals surface area contributed by atoms with Gasteiger partial charge in [-0.05, 0) is 72.0 Å². The van der Waals surface area contributed by atoms with E-state index in [9.17, 15) is 4.79 Å². The fourth-order valence-corrected chi connectivity index (χ4v) is 4.67. The Bertz CT molecular complexity index is 447. The lowest BCUT2D eigenvalue weighted by Crippen LogP contribution is -2.17. The molecule has 0 bridgehead atoms. The average molecular weight is 480 g/mol. The van der Waals surface area contributed by atoms with Gasteiger partial charge in [0.05, 0.1) is 6.61 Å². The molecule has 0 aliphatic heterocycles. The van der Waals surface area contributed by atoms with Crippen LogP contribution in [0.15, 0.2) is 12.2 Å². The van der Waals surface area contributed by atoms with Crippen molar-refractivity contribution in [2.45, 2.75) is 149 Å². The number of allylic oxidation sites excluding steroid dienone is 2. The zero-order valence-electron chi connectivity index (χ0n) is 23.8. The summed E-state index contributed by atoms with van der Waals surface area (Å²) in [7, 11) is 4.42. The fourth-order valence-electron chi connectivity index (χ4n) is 4.67. The molecule has 0 aliphatic carbocycles. The first-order chi connectivity index (χ1) is 16.6. The Morgan fingerprint density at radius 2 is 1.18 bits per heavy atom. The van der Waals surface area contributed by atoms with E-state index in [0.29, 0.717) is 13.0 Å². The summed E-state index contributed by atoms with van der Waals surface area (Å²) >= 11 is 0. The fraction of sp³-hybridized carbons (Fsp3) is 0.903. The van der Waals surface area contributed by atoms with E-state index >= 15 is 0 Å². The van der Waals surface area contributed by atoms with Crippen LogP contribution in [0.25, 0.3) is 0 Å². The Kier molecular flexibility index (Phi) is 26.1. The summed E-state index contributed by atoms with van der Waals surface area (Å²) in [5.41, 5.74) is 0. The van der Waals surface area contributed by atoms with Gasteiger partial charge < -0.3 is 9.64 Å². The van der Waals surface area contributed by atoms with E-state index in [1.165, 1.54) is 122 Å². The molecule has 34 heavy (non-hydrogen) atoms. The van der Waals surface area contributed by atoms with Crippen LogP contribution in [-0.2, 0) is 9.53 Å². The summed E-state index contributed by atoms with van der Waals surface area (Å²) in [5, 5.41) is 0. The molecular formula is C31H61NO2. The quantitative estimate of drug-likeness (QED) is 0.0702. The van der Waals surface area contributed by atoms with Crippen molar-refractivity contribution in [1.29, 1.82) is 0 Å². The van der Waals surface area contributed by atoms with E-state index in [-0.39, 0.29) is 5.97 Å². The van der Waals surface area contributed by atoms with Gasteiger partial charge in [-0.1, -0.05) is 109 Å². The van der Waals surface area contributed by atoms with Crippen molar-refractivity contribution in [3.63, 3.8) is 0 Å². The third kappa shape index (κ3) is 25.8. The molecule has 0 amide bonds. The third-order valence-corrected chi connectivity index (χ3v) is 6.91. The van der Waals surface area contributed by atoms with Crippen LogP contribution in [0.2, 0.25) is 0 Å². The number of carbonyl (C=O) groups is 1. The predicted molar refractivity (Wildman–Crippen MR) is 150 cm³/mol. The summed E-state index contributed by atoms with van der Waals surface area (Å²) in [5.74, 6) is 0.914. The monoisotopic (exact) mass is 479 g/mol. The van der Waals surface area contributed by atoms with Crippen molar-refractivity contribution in [3.8, 4) is 0 Å². The molecule has 0 spiro atoms. The van der Waals surface area contributed by atoms with Crippen LogP contribution in [0.4, 0.5) is 0 Å². The lowest BCUT2D eigenvalue weighted by Gasteiger charge is -2.19. The number of esters is 1. The molecule has 1 unspecified atom stereocenters. The van der Waals surface area contributed by atoms with Gasteiger partial charge in [0.15, 0.2) is 0 Å². The van der Waals surface area contributed by atoms with Crippen LogP contribution in [0.1, 0.15) is 149 Å². The first-order valence-corrected chi connectivity index (χ1v) is 15.0. The topological polar surface area (TPSA) is 29.5 Å². The molecule has 0 radical (unpaired) electrons. The van der Waals surface area contributed by atoms with Gasteiger partial charge in [0.1, 0.15) is 0 Å². The molecule has 0 aromatic carbocycles. The highest BCUT2D eigenvalue weighted by atomic mass is 16.5. The summed E-state index contributed by atoms with van der Waals surface area (Å²) in [6, 6.07) is 0. The van der Waals surface area contributed by atoms with Crippen molar-refractivity contribution in [3.05, 3.63) is 12.2 Å². The molecule has 202 valence electrons. The van der Waals surface area contributed by atoms with E-state index in [1.54, 1.807) is 0 Å². The second-order valence-corrected chi connectivity index (χ2v) is 10.6. The van der Waals surface area contributed by atoms with Crippen LogP contribution < -0.4 is 0 Å². The summed E-state index contributed by atoms with van der Waals surface area (Å²) < 4.78 is 4.96. The number of hydrogen-bond donors (Lipinski definition) is 0. The number of rotatable bonds is 26. The zero-order valence-corrected chi connectivity index (χ0v) is 23.8. The van der Waals surface area contributed by atoms with Crippen molar-refractivity contribution >= 4 is 5.97 Å². The van der Waals surface area contributed by atoms with Gasteiger partial charge in [0, 0.05) is 6.42 Å². The Morgan fingerprint density at radius 3 is 1.71 bits per heavy atom. The summed E-state index contributed by atoms with van der Waals surface area (Å²) in [6.07, 6.45) is 32.2. The van der Waals surface area contributed by atoms with Crippen LogP contribution in [0.5, 0.6) is 0 Å². The smallest absolute Gasteiger partial charge is 0.305 e. The standard InChI is InChI=1S/C31H61NO2/c1-5-7-8-22-25-30(28-29-32(3)4)26-23-20-18-16-14-12-10-9-11-13-15-17-19-21-24-27-31(33)34-6-2/h9,11,30H,5-8,10,12-29H2,1-4H3/b11-9-. The van der Waals surface area contributed by atoms with Crippen LogP contribution in [0, 0.1) is 5.92 Å².